The second-order valence-electron chi connectivity index (χ2n) is 7.64. The Morgan fingerprint density at radius 3 is 2.04 bits per heavy atom. The minimum absolute atomic E-state index is 0. The van der Waals surface area contributed by atoms with Crippen molar-refractivity contribution in [1.29, 1.82) is 0 Å². The van der Waals surface area contributed by atoms with E-state index in [9.17, 15) is 5.11 Å². The molecule has 150 valence electrons. The Bertz CT molecular complexity index is 639. The van der Waals surface area contributed by atoms with E-state index in [1.807, 2.05) is 82.3 Å². The van der Waals surface area contributed by atoms with Crippen molar-refractivity contribution in [2.75, 3.05) is 0 Å². The summed E-state index contributed by atoms with van der Waals surface area (Å²) in [4.78, 5) is 11.0. The molecule has 1 N–H and O–H groups in total. The van der Waals surface area contributed by atoms with Crippen LogP contribution in [0.5, 0.6) is 0 Å². The molecular weight excluding hydrogens is 380 g/mol. The van der Waals surface area contributed by atoms with Gasteiger partial charge in [-0.2, -0.15) is 42.0 Å². The van der Waals surface area contributed by atoms with E-state index in [1.165, 1.54) is 0 Å². The second kappa shape index (κ2) is 11.5. The van der Waals surface area contributed by atoms with Gasteiger partial charge >= 0.3 is 17.1 Å². The van der Waals surface area contributed by atoms with Gasteiger partial charge in [0.25, 0.3) is 0 Å². The van der Waals surface area contributed by atoms with Crippen molar-refractivity contribution in [1.82, 2.24) is 0 Å². The third-order valence-electron chi connectivity index (χ3n) is 3.71. The van der Waals surface area contributed by atoms with Gasteiger partial charge in [-0.3, -0.25) is 0 Å². The summed E-state index contributed by atoms with van der Waals surface area (Å²) in [5, 5.41) is 10.4. The standard InChI is InChI=1S/C18H27O3.C5H5.Fe/c1-7-12-16(2,3)20-21-17(4,5)13-14-18(6,19)15-10-8-9-11-15;1-2-4-5-3-1;/h8-11,19H,7,12H2,1-6H3;1-5H;/q2*-1;+2. The maximum atomic E-state index is 10.4. The summed E-state index contributed by atoms with van der Waals surface area (Å²) in [5.74, 6) is 5.83. The zero-order chi connectivity index (χ0) is 19.7. The monoisotopic (exact) mass is 412 g/mol. The molecule has 3 nitrogen and oxygen atoms in total. The zero-order valence-corrected chi connectivity index (χ0v) is 18.3. The third kappa shape index (κ3) is 10.5. The van der Waals surface area contributed by atoms with Crippen LogP contribution in [-0.4, -0.2) is 16.3 Å². The fraction of sp³-hybridized carbons (Fsp3) is 0.478. The number of hydrogen-bond donors (Lipinski definition) is 1. The topological polar surface area (TPSA) is 38.7 Å². The van der Waals surface area contributed by atoms with Crippen LogP contribution in [0.25, 0.3) is 0 Å². The molecule has 0 saturated carbocycles. The molecule has 0 aliphatic heterocycles. The van der Waals surface area contributed by atoms with Gasteiger partial charge in [-0.1, -0.05) is 25.2 Å². The van der Waals surface area contributed by atoms with E-state index in [1.54, 1.807) is 6.92 Å². The average Bonchev–Trinajstić information content (AvgIpc) is 3.27. The van der Waals surface area contributed by atoms with Crippen LogP contribution >= 0.6 is 0 Å². The van der Waals surface area contributed by atoms with Crippen LogP contribution in [0.3, 0.4) is 0 Å². The molecule has 0 aromatic heterocycles. The first kappa shape index (κ1) is 25.7. The fourth-order valence-corrected chi connectivity index (χ4v) is 2.25. The van der Waals surface area contributed by atoms with E-state index in [-0.39, 0.29) is 22.7 Å². The van der Waals surface area contributed by atoms with Crippen LogP contribution in [0, 0.1) is 11.8 Å². The SMILES string of the molecule is CCCC(C)(C)OOC(C)(C)C#CC(C)(O)c1cc[cH-]c1.[Fe+2].c1cc[cH-]c1. The maximum Gasteiger partial charge on any atom is 2.00 e. The molecule has 0 fully saturated rings. The summed E-state index contributed by atoms with van der Waals surface area (Å²) in [6.07, 6.45) is 1.93. The zero-order valence-electron chi connectivity index (χ0n) is 17.2. The van der Waals surface area contributed by atoms with Gasteiger partial charge < -0.3 is 5.11 Å². The first-order chi connectivity index (χ1) is 12.1. The van der Waals surface area contributed by atoms with E-state index in [4.69, 9.17) is 9.78 Å². The third-order valence-corrected chi connectivity index (χ3v) is 3.71. The van der Waals surface area contributed by atoms with Gasteiger partial charge in [0.05, 0.1) is 11.2 Å². The van der Waals surface area contributed by atoms with Crippen LogP contribution < -0.4 is 0 Å². The van der Waals surface area contributed by atoms with Gasteiger partial charge in [0.1, 0.15) is 0 Å². The summed E-state index contributed by atoms with van der Waals surface area (Å²) in [6, 6.07) is 17.5. The van der Waals surface area contributed by atoms with E-state index in [0.717, 1.165) is 18.4 Å². The van der Waals surface area contributed by atoms with Crippen molar-refractivity contribution in [2.24, 2.45) is 0 Å². The predicted octanol–water partition coefficient (Wildman–Crippen LogP) is 5.32. The molecule has 2 rings (SSSR count). The summed E-state index contributed by atoms with van der Waals surface area (Å²) in [6.45, 7) is 11.4. The summed E-state index contributed by atoms with van der Waals surface area (Å²) < 4.78 is 0. The van der Waals surface area contributed by atoms with Gasteiger partial charge in [-0.15, -0.1) is 0 Å². The van der Waals surface area contributed by atoms with Gasteiger partial charge in [0.15, 0.2) is 5.60 Å². The van der Waals surface area contributed by atoms with Crippen LogP contribution in [0.2, 0.25) is 0 Å². The van der Waals surface area contributed by atoms with Crippen LogP contribution in [0.1, 0.15) is 59.9 Å². The van der Waals surface area contributed by atoms with Crippen molar-refractivity contribution >= 4 is 0 Å². The summed E-state index contributed by atoms with van der Waals surface area (Å²) in [7, 11) is 0. The van der Waals surface area contributed by atoms with E-state index in [0.29, 0.717) is 0 Å². The molecule has 1 unspecified atom stereocenters. The van der Waals surface area contributed by atoms with Crippen LogP contribution in [0.4, 0.5) is 0 Å². The molecule has 1 atom stereocenters. The van der Waals surface area contributed by atoms with E-state index < -0.39 is 11.2 Å². The van der Waals surface area contributed by atoms with Crippen molar-refractivity contribution in [3.63, 3.8) is 0 Å². The first-order valence-corrected chi connectivity index (χ1v) is 9.10. The minimum atomic E-state index is -1.19. The molecule has 4 heteroatoms. The van der Waals surface area contributed by atoms with Gasteiger partial charge in [0.2, 0.25) is 0 Å². The molecule has 0 saturated heterocycles. The quantitative estimate of drug-likeness (QED) is 0.229. The van der Waals surface area contributed by atoms with E-state index >= 15 is 0 Å². The summed E-state index contributed by atoms with van der Waals surface area (Å²) in [5.41, 5.74) is -1.55. The molecule has 0 amide bonds. The smallest absolute Gasteiger partial charge is 0.386 e. The first-order valence-electron chi connectivity index (χ1n) is 9.10. The number of hydrogen-bond acceptors (Lipinski definition) is 3. The Balaban J connectivity index is 0.000000969. The van der Waals surface area contributed by atoms with Crippen molar-refractivity contribution in [2.45, 2.75) is 71.2 Å². The van der Waals surface area contributed by atoms with Crippen LogP contribution in [-0.2, 0) is 32.4 Å². The van der Waals surface area contributed by atoms with Crippen molar-refractivity contribution < 1.29 is 32.0 Å². The molecule has 2 aromatic carbocycles. The van der Waals surface area contributed by atoms with Crippen molar-refractivity contribution in [3.05, 3.63) is 60.2 Å². The van der Waals surface area contributed by atoms with Gasteiger partial charge in [-0.05, 0) is 41.0 Å². The maximum absolute atomic E-state index is 10.4. The molecule has 0 aliphatic carbocycles. The molecule has 0 heterocycles. The Labute approximate surface area is 175 Å². The molecule has 27 heavy (non-hydrogen) atoms. The molecule has 2 aromatic rings. The molecule has 0 aliphatic rings. The van der Waals surface area contributed by atoms with E-state index in [2.05, 4.69) is 18.8 Å². The molecule has 0 spiro atoms. The molecule has 0 radical (unpaired) electrons. The van der Waals surface area contributed by atoms with Crippen LogP contribution in [0.15, 0.2) is 54.6 Å². The number of rotatable bonds is 6. The largest absolute Gasteiger partial charge is 2.00 e. The number of aliphatic hydroxyl groups is 1. The average molecular weight is 412 g/mol. The second-order valence-corrected chi connectivity index (χ2v) is 7.64. The minimum Gasteiger partial charge on any atom is -0.386 e. The van der Waals surface area contributed by atoms with Gasteiger partial charge in [-0.25, -0.2) is 28.0 Å². The van der Waals surface area contributed by atoms with Gasteiger partial charge in [0, 0.05) is 0 Å². The predicted molar refractivity (Wildman–Crippen MR) is 107 cm³/mol. The normalized spacial score (nSPS) is 13.3. The Morgan fingerprint density at radius 1 is 0.963 bits per heavy atom. The van der Waals surface area contributed by atoms with Crippen molar-refractivity contribution in [3.8, 4) is 11.8 Å². The summed E-state index contributed by atoms with van der Waals surface area (Å²) >= 11 is 0. The fourth-order valence-electron chi connectivity index (χ4n) is 2.25. The Hall–Kier alpha value is -1.34. The Morgan fingerprint density at radius 2 is 1.59 bits per heavy atom. The molecule has 0 bridgehead atoms. The molecular formula is C23H32FeO3. The Kier molecular flexibility index (Phi) is 10.9.